The van der Waals surface area contributed by atoms with Gasteiger partial charge in [0, 0.05) is 54.9 Å². The Bertz CT molecular complexity index is 2100. The van der Waals surface area contributed by atoms with Gasteiger partial charge in [0.05, 0.1) is 48.9 Å². The highest BCUT2D eigenvalue weighted by Crippen LogP contribution is 2.36. The van der Waals surface area contributed by atoms with Crippen molar-refractivity contribution < 1.29 is 33.4 Å². The number of anilines is 3. The summed E-state index contributed by atoms with van der Waals surface area (Å²) in [4.78, 5) is 67.0. The van der Waals surface area contributed by atoms with Crippen LogP contribution in [-0.2, 0) is 23.9 Å². The van der Waals surface area contributed by atoms with Crippen LogP contribution in [0.1, 0.15) is 71.6 Å². The molecule has 58 heavy (non-hydrogen) atoms. The third-order valence-electron chi connectivity index (χ3n) is 10.9. The summed E-state index contributed by atoms with van der Waals surface area (Å²) in [7, 11) is 1.60. The molecular weight excluding hydrogens is 759 g/mol. The normalized spacial score (nSPS) is 21.7. The molecule has 1 saturated carbocycles. The topological polar surface area (TPSA) is 173 Å². The van der Waals surface area contributed by atoms with Crippen molar-refractivity contribution in [2.75, 3.05) is 49.4 Å². The van der Waals surface area contributed by atoms with Crippen molar-refractivity contribution in [3.05, 3.63) is 53.9 Å². The number of hydrogen-bond donors (Lipinski definition) is 4. The van der Waals surface area contributed by atoms with Crippen molar-refractivity contribution in [2.24, 2.45) is 5.92 Å². The fourth-order valence-electron chi connectivity index (χ4n) is 7.63. The number of aromatic nitrogens is 2. The predicted octanol–water partition coefficient (Wildman–Crippen LogP) is 6.42. The Morgan fingerprint density at radius 1 is 0.966 bits per heavy atom. The molecule has 3 amide bonds. The maximum absolute atomic E-state index is 14.4. The van der Waals surface area contributed by atoms with E-state index in [9.17, 15) is 19.2 Å². The van der Waals surface area contributed by atoms with Gasteiger partial charge in [-0.15, -0.1) is 11.3 Å². The highest BCUT2D eigenvalue weighted by atomic mass is 32.1. The van der Waals surface area contributed by atoms with Crippen molar-refractivity contribution in [1.29, 1.82) is 0 Å². The predicted molar refractivity (Wildman–Crippen MR) is 224 cm³/mol. The summed E-state index contributed by atoms with van der Waals surface area (Å²) in [5, 5.41) is 15.8. The van der Waals surface area contributed by atoms with Gasteiger partial charge in [-0.1, -0.05) is 37.8 Å². The summed E-state index contributed by atoms with van der Waals surface area (Å²) < 4.78 is 18.1. The molecule has 0 spiro atoms. The molecule has 2 fully saturated rings. The summed E-state index contributed by atoms with van der Waals surface area (Å²) in [6, 6.07) is 12.8. The van der Waals surface area contributed by atoms with Crippen molar-refractivity contribution in [3.63, 3.8) is 0 Å². The lowest BCUT2D eigenvalue weighted by atomic mass is 9.80. The number of thiazole rings is 1. The van der Waals surface area contributed by atoms with E-state index < -0.39 is 35.8 Å². The van der Waals surface area contributed by atoms with Crippen LogP contribution in [0, 0.1) is 5.92 Å². The van der Waals surface area contributed by atoms with Crippen molar-refractivity contribution in [3.8, 4) is 22.9 Å². The Morgan fingerprint density at radius 3 is 2.57 bits per heavy atom. The number of fused-ring (bicyclic) bond motifs is 3. The smallest absolute Gasteiger partial charge is 0.294 e. The number of pyridine rings is 1. The van der Waals surface area contributed by atoms with Crippen LogP contribution in [0.2, 0.25) is 0 Å². The molecule has 4 N–H and O–H groups in total. The van der Waals surface area contributed by atoms with Gasteiger partial charge in [0.15, 0.2) is 5.13 Å². The Kier molecular flexibility index (Phi) is 13.4. The summed E-state index contributed by atoms with van der Waals surface area (Å²) in [6.45, 7) is 5.77. The largest absolute Gasteiger partial charge is 0.497 e. The lowest BCUT2D eigenvalue weighted by molar-refractivity contribution is -0.141. The molecule has 1 saturated heterocycles. The number of amides is 3. The number of ketones is 1. The first kappa shape index (κ1) is 40.9. The Hall–Kier alpha value is -5.28. The first-order valence-corrected chi connectivity index (χ1v) is 21.3. The van der Waals surface area contributed by atoms with E-state index in [0.717, 1.165) is 42.6 Å². The average molecular weight is 812 g/mol. The second-order valence-electron chi connectivity index (χ2n) is 15.6. The molecule has 7 rings (SSSR count). The van der Waals surface area contributed by atoms with Crippen molar-refractivity contribution >= 4 is 62.3 Å². The second-order valence-corrected chi connectivity index (χ2v) is 16.4. The van der Waals surface area contributed by atoms with Gasteiger partial charge in [0.2, 0.25) is 17.6 Å². The van der Waals surface area contributed by atoms with Crippen LogP contribution in [0.15, 0.2) is 53.9 Å². The van der Waals surface area contributed by atoms with Crippen LogP contribution >= 0.6 is 11.3 Å². The maximum atomic E-state index is 14.4. The van der Waals surface area contributed by atoms with Crippen LogP contribution in [0.4, 0.5) is 16.5 Å². The van der Waals surface area contributed by atoms with Crippen molar-refractivity contribution in [2.45, 2.75) is 95.9 Å². The molecule has 2 aliphatic heterocycles. The van der Waals surface area contributed by atoms with E-state index in [4.69, 9.17) is 24.2 Å². The van der Waals surface area contributed by atoms with Crippen LogP contribution in [0.25, 0.3) is 22.3 Å². The molecule has 1 aliphatic carbocycles. The first-order chi connectivity index (χ1) is 28.1. The number of para-hydroxylation sites is 2. The van der Waals surface area contributed by atoms with E-state index in [1.165, 1.54) is 11.3 Å². The summed E-state index contributed by atoms with van der Waals surface area (Å²) in [6.07, 6.45) is 5.31. The zero-order valence-electron chi connectivity index (χ0n) is 33.4. The molecule has 2 aromatic heterocycles. The molecule has 15 heteroatoms. The zero-order chi connectivity index (χ0) is 40.6. The SMILES string of the molecule is COc1ccc2c(O[C@@H]3C[C@H]4C(=O)NC(CC5CCC5)C(=O)C(=O)Nc5ccccc5NCCOCCCCCC(=O)N4C3)cc(-c3csc(NC(C)C)n3)nc2c1. The quantitative estimate of drug-likeness (QED) is 0.145. The van der Waals surface area contributed by atoms with Gasteiger partial charge in [-0.25, -0.2) is 9.97 Å². The average Bonchev–Trinajstić information content (AvgIpc) is 3.85. The first-order valence-electron chi connectivity index (χ1n) is 20.4. The number of carbonyl (C=O) groups is 4. The molecule has 308 valence electrons. The number of methoxy groups -OCH3 is 1. The van der Waals surface area contributed by atoms with E-state index in [1.807, 2.05) is 41.8 Å². The number of ether oxygens (including phenoxy) is 3. The fourth-order valence-corrected chi connectivity index (χ4v) is 8.49. The third-order valence-corrected chi connectivity index (χ3v) is 11.7. The summed E-state index contributed by atoms with van der Waals surface area (Å²) >= 11 is 1.49. The molecule has 3 atom stereocenters. The van der Waals surface area contributed by atoms with Crippen LogP contribution < -0.4 is 30.7 Å². The molecule has 2 aromatic carbocycles. The summed E-state index contributed by atoms with van der Waals surface area (Å²) in [5.41, 5.74) is 3.06. The van der Waals surface area contributed by atoms with E-state index in [2.05, 4.69) is 35.1 Å². The van der Waals surface area contributed by atoms with E-state index in [-0.39, 0.29) is 37.3 Å². The Balaban J connectivity index is 1.16. The minimum Gasteiger partial charge on any atom is -0.497 e. The second kappa shape index (κ2) is 19.0. The number of nitrogens with zero attached hydrogens (tertiary/aromatic N) is 3. The number of Topliss-reactive ketones (excluding diaryl/α,β-unsaturated/α-hetero) is 1. The van der Waals surface area contributed by atoms with Gasteiger partial charge in [-0.3, -0.25) is 19.2 Å². The molecule has 4 aromatic rings. The van der Waals surface area contributed by atoms with E-state index >= 15 is 0 Å². The Morgan fingerprint density at radius 2 is 1.79 bits per heavy atom. The van der Waals surface area contributed by atoms with E-state index in [0.29, 0.717) is 72.4 Å². The van der Waals surface area contributed by atoms with Gasteiger partial charge >= 0.3 is 0 Å². The number of hydrogen-bond acceptors (Lipinski definition) is 12. The number of nitrogens with one attached hydrogen (secondary N) is 4. The monoisotopic (exact) mass is 811 g/mol. The lowest BCUT2D eigenvalue weighted by Gasteiger charge is -2.31. The molecule has 1 unspecified atom stereocenters. The molecule has 3 aliphatic rings. The van der Waals surface area contributed by atoms with Crippen molar-refractivity contribution in [1.82, 2.24) is 20.2 Å². The fraction of sp³-hybridized carbons (Fsp3) is 0.488. The zero-order valence-corrected chi connectivity index (χ0v) is 34.2. The third kappa shape index (κ3) is 10.0. The molecular formula is C43H53N7O7S. The molecule has 14 nitrogen and oxygen atoms in total. The standard InChI is InChI=1S/C43H53N7O7S/c1-26(2)45-43-49-36(25-58-43)34-23-38(30-16-15-28(55-3)21-33(30)46-34)57-29-22-37-41(53)48-35(20-27-10-9-11-27)40(52)42(54)47-32-13-7-6-12-31(32)44-17-19-56-18-8-4-5-14-39(51)50(37)24-29/h6-7,12-13,15-16,21,23,25-27,29,35,37,44H,4-5,8-11,14,17-20,22,24H2,1-3H3,(H,45,49)(H,47,54)(H,48,53)/t29-,35?,37+/m1/s1. The van der Waals surface area contributed by atoms with Gasteiger partial charge in [0.25, 0.3) is 5.91 Å². The van der Waals surface area contributed by atoms with Crippen LogP contribution in [0.3, 0.4) is 0 Å². The highest BCUT2D eigenvalue weighted by molar-refractivity contribution is 7.14. The van der Waals surface area contributed by atoms with E-state index in [1.54, 1.807) is 24.1 Å². The Labute approximate surface area is 342 Å². The number of carbonyl (C=O) groups excluding carboxylic acids is 4. The maximum Gasteiger partial charge on any atom is 0.294 e. The van der Waals surface area contributed by atoms with Gasteiger partial charge < -0.3 is 40.4 Å². The number of benzene rings is 2. The summed E-state index contributed by atoms with van der Waals surface area (Å²) in [5.74, 6) is -0.799. The van der Waals surface area contributed by atoms with Gasteiger partial charge in [-0.05, 0) is 63.3 Å². The molecule has 0 bridgehead atoms. The van der Waals surface area contributed by atoms with Crippen LogP contribution in [0.5, 0.6) is 11.5 Å². The molecule has 4 heterocycles. The lowest BCUT2D eigenvalue weighted by Crippen LogP contribution is -2.53. The van der Waals surface area contributed by atoms with Crippen LogP contribution in [-0.4, -0.2) is 96.0 Å². The minimum absolute atomic E-state index is 0.167. The van der Waals surface area contributed by atoms with Gasteiger partial charge in [-0.2, -0.15) is 0 Å². The minimum atomic E-state index is -1.05. The highest BCUT2D eigenvalue weighted by Gasteiger charge is 2.43. The van der Waals surface area contributed by atoms with Gasteiger partial charge in [0.1, 0.15) is 29.3 Å². The molecule has 0 radical (unpaired) electrons. The number of rotatable bonds is 8.